The van der Waals surface area contributed by atoms with Gasteiger partial charge in [-0.2, -0.15) is 0 Å². The Morgan fingerprint density at radius 2 is 2.05 bits per heavy atom. The van der Waals surface area contributed by atoms with Crippen molar-refractivity contribution in [3.05, 3.63) is 35.7 Å². The number of aromatic carboxylic acids is 1. The number of fused-ring (bicyclic) bond motifs is 3. The summed E-state index contributed by atoms with van der Waals surface area (Å²) in [4.78, 5) is 26.1. The number of hydrogen-bond donors (Lipinski definition) is 2. The van der Waals surface area contributed by atoms with Gasteiger partial charge in [0, 0.05) is 18.9 Å². The fourth-order valence-corrected chi connectivity index (χ4v) is 2.27. The molecule has 0 radical (unpaired) electrons. The van der Waals surface area contributed by atoms with Gasteiger partial charge in [0.25, 0.3) is 0 Å². The summed E-state index contributed by atoms with van der Waals surface area (Å²) in [5, 5.41) is 17.8. The number of aliphatic carboxylic acids is 1. The van der Waals surface area contributed by atoms with Crippen LogP contribution in [0.1, 0.15) is 16.1 Å². The predicted octanol–water partition coefficient (Wildman–Crippen LogP) is 1.15. The number of imidazole rings is 2. The fourth-order valence-electron chi connectivity index (χ4n) is 2.27. The summed E-state index contributed by atoms with van der Waals surface area (Å²) >= 11 is 0. The summed E-state index contributed by atoms with van der Waals surface area (Å²) in [6.45, 7) is 0. The van der Waals surface area contributed by atoms with E-state index in [2.05, 4.69) is 4.98 Å². The lowest BCUT2D eigenvalue weighted by atomic mass is 10.2. The van der Waals surface area contributed by atoms with E-state index in [1.165, 1.54) is 12.1 Å². The summed E-state index contributed by atoms with van der Waals surface area (Å²) in [6.07, 6.45) is 1.62. The largest absolute Gasteiger partial charge is 0.481 e. The minimum absolute atomic E-state index is 0.0887. The van der Waals surface area contributed by atoms with Crippen LogP contribution in [0.2, 0.25) is 0 Å². The second-order valence-electron chi connectivity index (χ2n) is 4.54. The van der Waals surface area contributed by atoms with E-state index in [-0.39, 0.29) is 12.0 Å². The maximum Gasteiger partial charge on any atom is 0.335 e. The fraction of sp³-hybridized carbons (Fsp3) is 0.154. The molecule has 0 bridgehead atoms. The third-order valence-corrected chi connectivity index (χ3v) is 3.26. The zero-order valence-corrected chi connectivity index (χ0v) is 10.6. The second kappa shape index (κ2) is 4.09. The molecule has 2 aromatic heterocycles. The average Bonchev–Trinajstić information content (AvgIpc) is 2.87. The molecule has 0 amide bonds. The number of carbonyl (C=O) groups is 2. The van der Waals surface area contributed by atoms with Gasteiger partial charge in [0.1, 0.15) is 0 Å². The Hall–Kier alpha value is -2.83. The third-order valence-electron chi connectivity index (χ3n) is 3.26. The molecule has 7 nitrogen and oxygen atoms in total. The molecule has 3 aromatic rings. The van der Waals surface area contributed by atoms with E-state index in [1.807, 2.05) is 0 Å². The summed E-state index contributed by atoms with van der Waals surface area (Å²) in [7, 11) is 1.73. The van der Waals surface area contributed by atoms with E-state index < -0.39 is 11.9 Å². The van der Waals surface area contributed by atoms with Gasteiger partial charge >= 0.3 is 11.9 Å². The standard InChI is InChI=1S/C13H11N3O4/c1-15-8(5-11(17)18)6-16-10-3-2-7(12(19)20)4-9(10)14-13(15)16/h2-4,6H,5H2,1H3,(H,17,18)(H,19,20). The van der Waals surface area contributed by atoms with Gasteiger partial charge in [0.15, 0.2) is 0 Å². The molecule has 0 saturated carbocycles. The Labute approximate surface area is 112 Å². The molecule has 2 N–H and O–H groups in total. The maximum absolute atomic E-state index is 10.9. The first-order chi connectivity index (χ1) is 9.47. The summed E-state index contributed by atoms with van der Waals surface area (Å²) < 4.78 is 3.45. The number of carboxylic acids is 2. The molecule has 0 unspecified atom stereocenters. The van der Waals surface area contributed by atoms with E-state index in [0.29, 0.717) is 17.0 Å². The highest BCUT2D eigenvalue weighted by molar-refractivity contribution is 5.93. The first kappa shape index (κ1) is 12.2. The summed E-state index contributed by atoms with van der Waals surface area (Å²) in [5.74, 6) is -1.33. The SMILES string of the molecule is Cn1c(CC(=O)O)cn2c3ccc(C(=O)O)cc3nc12. The van der Waals surface area contributed by atoms with E-state index in [4.69, 9.17) is 10.2 Å². The molecule has 1 aromatic carbocycles. The van der Waals surface area contributed by atoms with E-state index in [9.17, 15) is 9.59 Å². The first-order valence-corrected chi connectivity index (χ1v) is 5.89. The van der Waals surface area contributed by atoms with Crippen LogP contribution < -0.4 is 0 Å². The minimum Gasteiger partial charge on any atom is -0.481 e. The molecule has 3 rings (SSSR count). The molecule has 7 heteroatoms. The Bertz CT molecular complexity index is 859. The number of nitrogens with zero attached hydrogens (tertiary/aromatic N) is 3. The van der Waals surface area contributed by atoms with Gasteiger partial charge in [-0.25, -0.2) is 9.78 Å². The van der Waals surface area contributed by atoms with Gasteiger partial charge in [0.05, 0.1) is 23.0 Å². The van der Waals surface area contributed by atoms with Crippen LogP contribution >= 0.6 is 0 Å². The Morgan fingerprint density at radius 3 is 2.70 bits per heavy atom. The van der Waals surface area contributed by atoms with Crippen LogP contribution in [0.4, 0.5) is 0 Å². The van der Waals surface area contributed by atoms with Crippen molar-refractivity contribution in [2.24, 2.45) is 7.05 Å². The highest BCUT2D eigenvalue weighted by Gasteiger charge is 2.15. The van der Waals surface area contributed by atoms with Crippen molar-refractivity contribution in [2.45, 2.75) is 6.42 Å². The Morgan fingerprint density at radius 1 is 1.30 bits per heavy atom. The number of hydrogen-bond acceptors (Lipinski definition) is 3. The number of rotatable bonds is 3. The molecule has 0 spiro atoms. The number of aryl methyl sites for hydroxylation is 1. The van der Waals surface area contributed by atoms with Crippen LogP contribution in [-0.2, 0) is 18.3 Å². The first-order valence-electron chi connectivity index (χ1n) is 5.89. The van der Waals surface area contributed by atoms with Gasteiger partial charge in [0.2, 0.25) is 5.78 Å². The molecular weight excluding hydrogens is 262 g/mol. The number of aromatic nitrogens is 3. The second-order valence-corrected chi connectivity index (χ2v) is 4.54. The van der Waals surface area contributed by atoms with Gasteiger partial charge < -0.3 is 14.8 Å². The smallest absolute Gasteiger partial charge is 0.335 e. The topological polar surface area (TPSA) is 96.8 Å². The average molecular weight is 273 g/mol. The maximum atomic E-state index is 10.9. The van der Waals surface area contributed by atoms with E-state index in [0.717, 1.165) is 5.52 Å². The zero-order valence-electron chi connectivity index (χ0n) is 10.6. The molecule has 0 aliphatic heterocycles. The van der Waals surface area contributed by atoms with Gasteiger partial charge in [-0.1, -0.05) is 0 Å². The van der Waals surface area contributed by atoms with Crippen molar-refractivity contribution < 1.29 is 19.8 Å². The van der Waals surface area contributed by atoms with Crippen LogP contribution in [0.3, 0.4) is 0 Å². The lowest BCUT2D eigenvalue weighted by Crippen LogP contribution is -2.05. The van der Waals surface area contributed by atoms with E-state index >= 15 is 0 Å². The summed E-state index contributed by atoms with van der Waals surface area (Å²) in [5.41, 5.74) is 2.12. The molecule has 0 fully saturated rings. The molecular formula is C13H11N3O4. The van der Waals surface area contributed by atoms with Crippen molar-refractivity contribution in [3.63, 3.8) is 0 Å². The molecule has 0 saturated heterocycles. The van der Waals surface area contributed by atoms with Crippen LogP contribution in [0, 0.1) is 0 Å². The van der Waals surface area contributed by atoms with Gasteiger partial charge in [-0.05, 0) is 18.2 Å². The minimum atomic E-state index is -1.00. The molecule has 102 valence electrons. The van der Waals surface area contributed by atoms with Crippen molar-refractivity contribution in [1.29, 1.82) is 0 Å². The van der Waals surface area contributed by atoms with Crippen LogP contribution in [0.15, 0.2) is 24.4 Å². The van der Waals surface area contributed by atoms with Crippen molar-refractivity contribution in [3.8, 4) is 0 Å². The highest BCUT2D eigenvalue weighted by Crippen LogP contribution is 2.20. The van der Waals surface area contributed by atoms with Crippen LogP contribution in [0.5, 0.6) is 0 Å². The monoisotopic (exact) mass is 273 g/mol. The van der Waals surface area contributed by atoms with Crippen LogP contribution in [0.25, 0.3) is 16.8 Å². The van der Waals surface area contributed by atoms with Gasteiger partial charge in [-0.15, -0.1) is 0 Å². The highest BCUT2D eigenvalue weighted by atomic mass is 16.4. The Balaban J connectivity index is 2.23. The molecule has 0 atom stereocenters. The number of carboxylic acid groups (broad SMARTS) is 2. The quantitative estimate of drug-likeness (QED) is 0.746. The van der Waals surface area contributed by atoms with Crippen LogP contribution in [-0.4, -0.2) is 36.1 Å². The third kappa shape index (κ3) is 1.71. The van der Waals surface area contributed by atoms with E-state index in [1.54, 1.807) is 28.3 Å². The van der Waals surface area contributed by atoms with Gasteiger partial charge in [-0.3, -0.25) is 9.20 Å². The molecule has 0 aliphatic carbocycles. The lowest BCUT2D eigenvalue weighted by Gasteiger charge is -1.97. The predicted molar refractivity (Wildman–Crippen MR) is 70.0 cm³/mol. The molecule has 2 heterocycles. The molecule has 0 aliphatic rings. The normalized spacial score (nSPS) is 11.2. The molecule has 20 heavy (non-hydrogen) atoms. The number of benzene rings is 1. The summed E-state index contributed by atoms with van der Waals surface area (Å²) in [6, 6.07) is 4.67. The van der Waals surface area contributed by atoms with Crippen molar-refractivity contribution >= 4 is 28.7 Å². The Kier molecular flexibility index (Phi) is 2.50. The lowest BCUT2D eigenvalue weighted by molar-refractivity contribution is -0.136. The zero-order chi connectivity index (χ0) is 14.4. The van der Waals surface area contributed by atoms with Crippen molar-refractivity contribution in [2.75, 3.05) is 0 Å². The van der Waals surface area contributed by atoms with Crippen molar-refractivity contribution in [1.82, 2.24) is 14.0 Å².